The average Bonchev–Trinajstić information content (AvgIpc) is 3.04. The van der Waals surface area contributed by atoms with E-state index in [0.717, 1.165) is 24.9 Å². The molecule has 2 aromatic rings. The van der Waals surface area contributed by atoms with Gasteiger partial charge in [0.05, 0.1) is 11.7 Å². The number of aryl methyl sites for hydroxylation is 1. The maximum atomic E-state index is 12.8. The summed E-state index contributed by atoms with van der Waals surface area (Å²) < 4.78 is 1.78. The van der Waals surface area contributed by atoms with E-state index in [4.69, 9.17) is 17.3 Å². The van der Waals surface area contributed by atoms with Crippen LogP contribution in [0.4, 0.5) is 5.69 Å². The van der Waals surface area contributed by atoms with Crippen LogP contribution in [0.15, 0.2) is 36.5 Å². The van der Waals surface area contributed by atoms with E-state index in [0.29, 0.717) is 16.4 Å². The Balaban J connectivity index is 1.90. The zero-order chi connectivity index (χ0) is 15.0. The van der Waals surface area contributed by atoms with Crippen molar-refractivity contribution in [2.24, 2.45) is 7.05 Å². The standard InChI is InChI=1S/C16H18ClN3O/c1-19-10-13(18)9-15(19)16(21)20-7-3-6-14(20)11-4-2-5-12(17)8-11/h2,4-5,8-10,14H,3,6-7,18H2,1H3. The van der Waals surface area contributed by atoms with Gasteiger partial charge in [-0.15, -0.1) is 0 Å². The summed E-state index contributed by atoms with van der Waals surface area (Å²) in [5.41, 5.74) is 8.10. The van der Waals surface area contributed by atoms with E-state index in [1.807, 2.05) is 36.2 Å². The fourth-order valence-corrected chi connectivity index (χ4v) is 3.22. The van der Waals surface area contributed by atoms with Gasteiger partial charge in [-0.1, -0.05) is 23.7 Å². The van der Waals surface area contributed by atoms with Crippen LogP contribution in [0.2, 0.25) is 5.02 Å². The van der Waals surface area contributed by atoms with Gasteiger partial charge in [0.15, 0.2) is 0 Å². The number of nitrogens with zero attached hydrogens (tertiary/aromatic N) is 2. The van der Waals surface area contributed by atoms with Crippen LogP contribution in [0.1, 0.15) is 34.9 Å². The van der Waals surface area contributed by atoms with Gasteiger partial charge in [0, 0.05) is 24.8 Å². The van der Waals surface area contributed by atoms with Gasteiger partial charge >= 0.3 is 0 Å². The van der Waals surface area contributed by atoms with Crippen LogP contribution in [0.25, 0.3) is 0 Å². The maximum absolute atomic E-state index is 12.8. The number of hydrogen-bond acceptors (Lipinski definition) is 2. The minimum atomic E-state index is 0.0247. The van der Waals surface area contributed by atoms with Crippen LogP contribution >= 0.6 is 11.6 Å². The number of carbonyl (C=O) groups is 1. The Hall–Kier alpha value is -1.94. The maximum Gasteiger partial charge on any atom is 0.271 e. The lowest BCUT2D eigenvalue weighted by Crippen LogP contribution is -2.31. The molecule has 0 aliphatic carbocycles. The van der Waals surface area contributed by atoms with Crippen molar-refractivity contribution in [2.45, 2.75) is 18.9 Å². The number of halogens is 1. The molecule has 21 heavy (non-hydrogen) atoms. The molecule has 1 amide bonds. The second-order valence-corrected chi connectivity index (χ2v) is 5.92. The molecule has 3 rings (SSSR count). The summed E-state index contributed by atoms with van der Waals surface area (Å²) in [6.45, 7) is 0.765. The lowest BCUT2D eigenvalue weighted by atomic mass is 10.0. The summed E-state index contributed by atoms with van der Waals surface area (Å²) in [5, 5.41) is 0.704. The molecule has 2 N–H and O–H groups in total. The normalized spacial score (nSPS) is 18.2. The first-order chi connectivity index (χ1) is 10.1. The molecule has 1 fully saturated rings. The van der Waals surface area contributed by atoms with Crippen molar-refractivity contribution in [1.82, 2.24) is 9.47 Å². The summed E-state index contributed by atoms with van der Waals surface area (Å²) in [5.74, 6) is 0.0247. The van der Waals surface area contributed by atoms with Crippen molar-refractivity contribution in [3.8, 4) is 0 Å². The van der Waals surface area contributed by atoms with Crippen LogP contribution in [0, 0.1) is 0 Å². The number of likely N-dealkylation sites (tertiary alicyclic amines) is 1. The summed E-state index contributed by atoms with van der Waals surface area (Å²) >= 11 is 6.07. The van der Waals surface area contributed by atoms with Crippen LogP contribution in [-0.4, -0.2) is 21.9 Å². The quantitative estimate of drug-likeness (QED) is 0.926. The molecule has 5 heteroatoms. The van der Waals surface area contributed by atoms with Crippen LogP contribution < -0.4 is 5.73 Å². The molecule has 1 unspecified atom stereocenters. The van der Waals surface area contributed by atoms with E-state index in [1.54, 1.807) is 16.8 Å². The highest BCUT2D eigenvalue weighted by Gasteiger charge is 2.31. The fraction of sp³-hybridized carbons (Fsp3) is 0.312. The molecule has 1 aliphatic heterocycles. The van der Waals surface area contributed by atoms with Gasteiger partial charge in [-0.25, -0.2) is 0 Å². The Bertz CT molecular complexity index is 680. The summed E-state index contributed by atoms with van der Waals surface area (Å²) in [4.78, 5) is 14.7. The minimum Gasteiger partial charge on any atom is -0.397 e. The van der Waals surface area contributed by atoms with Crippen LogP contribution in [-0.2, 0) is 7.05 Å². The van der Waals surface area contributed by atoms with Crippen molar-refractivity contribution in [1.29, 1.82) is 0 Å². The number of benzene rings is 1. The Morgan fingerprint density at radius 2 is 2.19 bits per heavy atom. The van der Waals surface area contributed by atoms with E-state index in [9.17, 15) is 4.79 Å². The number of nitrogens with two attached hydrogens (primary N) is 1. The highest BCUT2D eigenvalue weighted by molar-refractivity contribution is 6.30. The highest BCUT2D eigenvalue weighted by Crippen LogP contribution is 2.34. The molecule has 110 valence electrons. The number of hydrogen-bond donors (Lipinski definition) is 1. The van der Waals surface area contributed by atoms with Gasteiger partial charge in [0.1, 0.15) is 5.69 Å². The van der Waals surface area contributed by atoms with Crippen molar-refractivity contribution in [3.05, 3.63) is 52.8 Å². The molecule has 2 heterocycles. The SMILES string of the molecule is Cn1cc(N)cc1C(=O)N1CCCC1c1cccc(Cl)c1. The molecular formula is C16H18ClN3O. The molecule has 4 nitrogen and oxygen atoms in total. The molecule has 0 spiro atoms. The topological polar surface area (TPSA) is 51.3 Å². The van der Waals surface area contributed by atoms with Crippen molar-refractivity contribution >= 4 is 23.2 Å². The van der Waals surface area contributed by atoms with Crippen molar-refractivity contribution < 1.29 is 4.79 Å². The first-order valence-electron chi connectivity index (χ1n) is 7.04. The summed E-state index contributed by atoms with van der Waals surface area (Å²) in [6, 6.07) is 9.57. The lowest BCUT2D eigenvalue weighted by Gasteiger charge is -2.25. The van der Waals surface area contributed by atoms with Gasteiger partial charge in [-0.2, -0.15) is 0 Å². The largest absolute Gasteiger partial charge is 0.397 e. The number of anilines is 1. The predicted octanol–water partition coefficient (Wildman–Crippen LogP) is 3.24. The second kappa shape index (κ2) is 5.45. The molecule has 1 aliphatic rings. The third-order valence-corrected chi connectivity index (χ3v) is 4.23. The third-order valence-electron chi connectivity index (χ3n) is 3.99. The molecule has 0 bridgehead atoms. The average molecular weight is 304 g/mol. The highest BCUT2D eigenvalue weighted by atomic mass is 35.5. The first kappa shape index (κ1) is 14.0. The number of aromatic nitrogens is 1. The van der Waals surface area contributed by atoms with E-state index < -0.39 is 0 Å². The smallest absolute Gasteiger partial charge is 0.271 e. The fourth-order valence-electron chi connectivity index (χ4n) is 3.02. The molecule has 1 aromatic heterocycles. The number of nitrogen functional groups attached to an aromatic ring is 1. The predicted molar refractivity (Wildman–Crippen MR) is 84.3 cm³/mol. The zero-order valence-electron chi connectivity index (χ0n) is 11.9. The first-order valence-corrected chi connectivity index (χ1v) is 7.42. The minimum absolute atomic E-state index is 0.0247. The summed E-state index contributed by atoms with van der Waals surface area (Å²) in [6.07, 6.45) is 3.73. The number of rotatable bonds is 2. The van der Waals surface area contributed by atoms with Gasteiger partial charge in [0.25, 0.3) is 5.91 Å². The molecule has 1 aromatic carbocycles. The second-order valence-electron chi connectivity index (χ2n) is 5.48. The summed E-state index contributed by atoms with van der Waals surface area (Å²) in [7, 11) is 1.84. The molecular weight excluding hydrogens is 286 g/mol. The molecule has 1 atom stereocenters. The Labute approximate surface area is 129 Å². The Morgan fingerprint density at radius 3 is 2.86 bits per heavy atom. The van der Waals surface area contributed by atoms with Gasteiger partial charge in [-0.05, 0) is 36.6 Å². The zero-order valence-corrected chi connectivity index (χ0v) is 12.7. The lowest BCUT2D eigenvalue weighted by molar-refractivity contribution is 0.0726. The van der Waals surface area contributed by atoms with Gasteiger partial charge in [0.2, 0.25) is 0 Å². The van der Waals surface area contributed by atoms with Crippen molar-refractivity contribution in [2.75, 3.05) is 12.3 Å². The van der Waals surface area contributed by atoms with Crippen LogP contribution in [0.3, 0.4) is 0 Å². The Morgan fingerprint density at radius 1 is 1.38 bits per heavy atom. The van der Waals surface area contributed by atoms with Crippen molar-refractivity contribution in [3.63, 3.8) is 0 Å². The number of carbonyl (C=O) groups excluding carboxylic acids is 1. The van der Waals surface area contributed by atoms with E-state index in [1.165, 1.54) is 0 Å². The van der Waals surface area contributed by atoms with Gasteiger partial charge < -0.3 is 15.2 Å². The van der Waals surface area contributed by atoms with Crippen LogP contribution in [0.5, 0.6) is 0 Å². The molecule has 0 radical (unpaired) electrons. The van der Waals surface area contributed by atoms with E-state index in [-0.39, 0.29) is 11.9 Å². The number of amides is 1. The van der Waals surface area contributed by atoms with Gasteiger partial charge in [-0.3, -0.25) is 4.79 Å². The van der Waals surface area contributed by atoms with E-state index in [2.05, 4.69) is 0 Å². The molecule has 1 saturated heterocycles. The third kappa shape index (κ3) is 2.63. The monoisotopic (exact) mass is 303 g/mol. The molecule has 0 saturated carbocycles. The Kier molecular flexibility index (Phi) is 3.64. The van der Waals surface area contributed by atoms with E-state index >= 15 is 0 Å².